The molecular weight excluding hydrogens is 306 g/mol. The van der Waals surface area contributed by atoms with Gasteiger partial charge >= 0.3 is 0 Å². The Morgan fingerprint density at radius 3 is 1.65 bits per heavy atom. The summed E-state index contributed by atoms with van der Waals surface area (Å²) in [5, 5.41) is 3.03. The van der Waals surface area contributed by atoms with E-state index in [4.69, 9.17) is 0 Å². The van der Waals surface area contributed by atoms with Gasteiger partial charge in [0.2, 0.25) is 0 Å². The van der Waals surface area contributed by atoms with E-state index in [9.17, 15) is 0 Å². The molecule has 0 aliphatic carbocycles. The zero-order valence-corrected chi connectivity index (χ0v) is 14.0. The average Bonchev–Trinajstić information content (AvgIpc) is 2.49. The second-order valence-electron chi connectivity index (χ2n) is 4.88. The molecule has 0 aliphatic heterocycles. The van der Waals surface area contributed by atoms with Gasteiger partial charge in [-0.25, -0.2) is 0 Å². The van der Waals surface area contributed by atoms with Gasteiger partial charge in [-0.1, -0.05) is 86.8 Å². The SMILES string of the molecule is CCCCCCP(c1ccccc1)c1ccccc1.[Ni]. The first-order valence-electron chi connectivity index (χ1n) is 7.29. The fourth-order valence-electron chi connectivity index (χ4n) is 2.32. The Kier molecular flexibility index (Phi) is 8.83. The van der Waals surface area contributed by atoms with Crippen LogP contribution >= 0.6 is 7.92 Å². The number of benzene rings is 2. The molecule has 110 valence electrons. The summed E-state index contributed by atoms with van der Waals surface area (Å²) >= 11 is 0. The molecule has 0 radical (unpaired) electrons. The van der Waals surface area contributed by atoms with E-state index >= 15 is 0 Å². The van der Waals surface area contributed by atoms with Crippen LogP contribution in [0.15, 0.2) is 60.7 Å². The Morgan fingerprint density at radius 1 is 0.700 bits per heavy atom. The molecule has 0 aromatic heterocycles. The molecule has 0 bridgehead atoms. The molecule has 0 amide bonds. The van der Waals surface area contributed by atoms with E-state index in [0.717, 1.165) is 0 Å². The zero-order chi connectivity index (χ0) is 13.3. The van der Waals surface area contributed by atoms with Crippen molar-refractivity contribution in [1.29, 1.82) is 0 Å². The number of unbranched alkanes of at least 4 members (excludes halogenated alkanes) is 3. The number of rotatable bonds is 7. The predicted octanol–water partition coefficient (Wildman–Crippen LogP) is 4.70. The maximum atomic E-state index is 2.29. The molecule has 0 saturated carbocycles. The van der Waals surface area contributed by atoms with Gasteiger partial charge in [0.25, 0.3) is 0 Å². The van der Waals surface area contributed by atoms with Crippen LogP contribution in [0.2, 0.25) is 0 Å². The summed E-state index contributed by atoms with van der Waals surface area (Å²) in [4.78, 5) is 0. The third kappa shape index (κ3) is 5.39. The summed E-state index contributed by atoms with van der Waals surface area (Å²) in [5.74, 6) is 0. The summed E-state index contributed by atoms with van der Waals surface area (Å²) in [6.45, 7) is 2.28. The molecule has 0 spiro atoms. The Morgan fingerprint density at radius 2 is 1.20 bits per heavy atom. The van der Waals surface area contributed by atoms with Crippen molar-refractivity contribution in [2.24, 2.45) is 0 Å². The Balaban J connectivity index is 0.00000200. The van der Waals surface area contributed by atoms with Crippen molar-refractivity contribution < 1.29 is 16.5 Å². The molecule has 0 fully saturated rings. The summed E-state index contributed by atoms with van der Waals surface area (Å²) < 4.78 is 0. The zero-order valence-electron chi connectivity index (χ0n) is 12.1. The minimum atomic E-state index is -0.167. The van der Waals surface area contributed by atoms with Gasteiger partial charge in [-0.05, 0) is 31.1 Å². The van der Waals surface area contributed by atoms with Crippen molar-refractivity contribution >= 4 is 18.5 Å². The number of hydrogen-bond donors (Lipinski definition) is 0. The van der Waals surface area contributed by atoms with Gasteiger partial charge in [0, 0.05) is 16.5 Å². The Labute approximate surface area is 134 Å². The third-order valence-electron chi connectivity index (χ3n) is 3.37. The van der Waals surface area contributed by atoms with E-state index in [0.29, 0.717) is 0 Å². The van der Waals surface area contributed by atoms with E-state index in [1.54, 1.807) is 0 Å². The van der Waals surface area contributed by atoms with Crippen molar-refractivity contribution in [3.63, 3.8) is 0 Å². The van der Waals surface area contributed by atoms with E-state index in [2.05, 4.69) is 67.6 Å². The van der Waals surface area contributed by atoms with Gasteiger partial charge in [-0.2, -0.15) is 0 Å². The van der Waals surface area contributed by atoms with Crippen LogP contribution in [0.5, 0.6) is 0 Å². The quantitative estimate of drug-likeness (QED) is 0.392. The van der Waals surface area contributed by atoms with Crippen LogP contribution in [-0.4, -0.2) is 6.16 Å². The molecule has 2 rings (SSSR count). The minimum Gasteiger partial charge on any atom is -0.0654 e. The second kappa shape index (κ2) is 10.1. The molecule has 0 N–H and O–H groups in total. The van der Waals surface area contributed by atoms with Crippen LogP contribution < -0.4 is 10.6 Å². The normalized spacial score (nSPS) is 10.3. The predicted molar refractivity (Wildman–Crippen MR) is 88.1 cm³/mol. The molecule has 20 heavy (non-hydrogen) atoms. The standard InChI is InChI=1S/C18H23P.Ni/c1-2-3-4-11-16-19(17-12-7-5-8-13-17)18-14-9-6-10-15-18;/h5-10,12-15H,2-4,11,16H2,1H3;. The van der Waals surface area contributed by atoms with Crippen molar-refractivity contribution in [2.45, 2.75) is 32.6 Å². The van der Waals surface area contributed by atoms with E-state index in [1.807, 2.05) is 0 Å². The third-order valence-corrected chi connectivity index (χ3v) is 5.98. The Bertz CT molecular complexity index is 416. The number of hydrogen-bond acceptors (Lipinski definition) is 0. The van der Waals surface area contributed by atoms with Gasteiger partial charge in [0.05, 0.1) is 0 Å². The summed E-state index contributed by atoms with van der Waals surface area (Å²) in [6, 6.07) is 22.0. The van der Waals surface area contributed by atoms with Crippen LogP contribution in [0.4, 0.5) is 0 Å². The maximum absolute atomic E-state index is 2.29. The first-order chi connectivity index (χ1) is 9.42. The molecule has 0 unspecified atom stereocenters. The maximum Gasteiger partial charge on any atom is 0 e. The van der Waals surface area contributed by atoms with Gasteiger partial charge < -0.3 is 0 Å². The fourth-order valence-corrected chi connectivity index (χ4v) is 4.74. The van der Waals surface area contributed by atoms with Gasteiger partial charge in [0.1, 0.15) is 0 Å². The topological polar surface area (TPSA) is 0 Å². The van der Waals surface area contributed by atoms with Crippen LogP contribution in [0.3, 0.4) is 0 Å². The largest absolute Gasteiger partial charge is 0.0654 e. The molecule has 2 aromatic carbocycles. The molecule has 2 aromatic rings. The monoisotopic (exact) mass is 328 g/mol. The van der Waals surface area contributed by atoms with Gasteiger partial charge in [-0.3, -0.25) is 0 Å². The van der Waals surface area contributed by atoms with Crippen molar-refractivity contribution in [1.82, 2.24) is 0 Å². The molecule has 0 aliphatic rings. The summed E-state index contributed by atoms with van der Waals surface area (Å²) in [5.41, 5.74) is 0. The van der Waals surface area contributed by atoms with Crippen molar-refractivity contribution in [3.05, 3.63) is 60.7 Å². The first kappa shape index (κ1) is 17.4. The van der Waals surface area contributed by atoms with E-state index in [1.165, 1.54) is 42.5 Å². The van der Waals surface area contributed by atoms with Gasteiger partial charge in [-0.15, -0.1) is 0 Å². The molecule has 0 saturated heterocycles. The van der Waals surface area contributed by atoms with Crippen LogP contribution in [0.1, 0.15) is 32.6 Å². The molecule has 0 atom stereocenters. The second-order valence-corrected chi connectivity index (χ2v) is 7.22. The Hall–Kier alpha value is -0.636. The smallest absolute Gasteiger partial charge is 0 e. The van der Waals surface area contributed by atoms with Crippen molar-refractivity contribution in [3.8, 4) is 0 Å². The van der Waals surface area contributed by atoms with Gasteiger partial charge in [0.15, 0.2) is 0 Å². The van der Waals surface area contributed by atoms with E-state index in [-0.39, 0.29) is 24.4 Å². The summed E-state index contributed by atoms with van der Waals surface area (Å²) in [6.07, 6.45) is 6.73. The summed E-state index contributed by atoms with van der Waals surface area (Å²) in [7, 11) is -0.167. The van der Waals surface area contributed by atoms with Crippen LogP contribution in [-0.2, 0) is 16.5 Å². The minimum absolute atomic E-state index is 0. The molecule has 0 heterocycles. The first-order valence-corrected chi connectivity index (χ1v) is 8.82. The van der Waals surface area contributed by atoms with E-state index < -0.39 is 0 Å². The average molecular weight is 329 g/mol. The fraction of sp³-hybridized carbons (Fsp3) is 0.333. The molecule has 0 nitrogen and oxygen atoms in total. The molecular formula is C18H23NiP. The van der Waals surface area contributed by atoms with Crippen LogP contribution in [0.25, 0.3) is 0 Å². The molecule has 2 heteroatoms. The van der Waals surface area contributed by atoms with Crippen LogP contribution in [0, 0.1) is 0 Å². The van der Waals surface area contributed by atoms with Crippen molar-refractivity contribution in [2.75, 3.05) is 6.16 Å².